The van der Waals surface area contributed by atoms with E-state index in [0.29, 0.717) is 5.75 Å². The molecule has 0 aromatic heterocycles. The van der Waals surface area contributed by atoms with Crippen LogP contribution in [-0.2, 0) is 42.3 Å². The first kappa shape index (κ1) is 30.6. The molecule has 12 nitrogen and oxygen atoms in total. The molecule has 1 heterocycles. The summed E-state index contributed by atoms with van der Waals surface area (Å²) in [5.74, 6) is -1.33. The van der Waals surface area contributed by atoms with Crippen molar-refractivity contribution in [3.63, 3.8) is 0 Å². The first-order valence-electron chi connectivity index (χ1n) is 11.5. The molecular formula is C23H33N2O10PS. The van der Waals surface area contributed by atoms with Crippen LogP contribution in [0, 0.1) is 5.41 Å². The molecule has 37 heavy (non-hydrogen) atoms. The number of phosphoric ester groups is 1. The number of benzene rings is 1. The maximum Gasteiger partial charge on any atom is 0.530 e. The number of hydrogen-bond acceptors (Lipinski definition) is 11. The highest BCUT2D eigenvalue weighted by atomic mass is 32.2. The van der Waals surface area contributed by atoms with Crippen molar-refractivity contribution in [3.05, 3.63) is 30.3 Å². The zero-order valence-corrected chi connectivity index (χ0v) is 22.9. The standard InChI is InChI=1S/C23H33N2O10PS/c1-23(2)15-33-36(30,34-16-8-6-5-7-9-16)35-20(23)21(28)25-11-10-18(26)24-12-13-37-17(22(29)32-4)14-19(27)31-3/h5-9,17,20H,10-15H2,1-4H3,(H,24,26)(H,25,28)/t17?,20-,36?/m0/s1. The second kappa shape index (κ2) is 14.4. The lowest BCUT2D eigenvalue weighted by Gasteiger charge is -2.39. The summed E-state index contributed by atoms with van der Waals surface area (Å²) in [6.45, 7) is 3.69. The molecule has 2 N–H and O–H groups in total. The van der Waals surface area contributed by atoms with Gasteiger partial charge in [0.2, 0.25) is 5.91 Å². The summed E-state index contributed by atoms with van der Waals surface area (Å²) in [5, 5.41) is 4.56. The largest absolute Gasteiger partial charge is 0.530 e. The number of methoxy groups -OCH3 is 2. The summed E-state index contributed by atoms with van der Waals surface area (Å²) in [6.07, 6.45) is -1.27. The predicted octanol–water partition coefficient (Wildman–Crippen LogP) is 2.08. The SMILES string of the molecule is COC(=O)CC(SCCNC(=O)CCNC(=O)[C@@H]1OP(=O)(Oc2ccccc2)OCC1(C)C)C(=O)OC. The molecule has 206 valence electrons. The van der Waals surface area contributed by atoms with Gasteiger partial charge < -0.3 is 24.6 Å². The number of thioether (sulfide) groups is 1. The van der Waals surface area contributed by atoms with Crippen molar-refractivity contribution < 1.29 is 46.8 Å². The number of hydrogen-bond donors (Lipinski definition) is 2. The van der Waals surface area contributed by atoms with Gasteiger partial charge in [0.05, 0.1) is 27.2 Å². The lowest BCUT2D eigenvalue weighted by Crippen LogP contribution is -2.50. The minimum absolute atomic E-state index is 0.0131. The van der Waals surface area contributed by atoms with E-state index in [1.54, 1.807) is 44.2 Å². The molecule has 2 amide bonds. The van der Waals surface area contributed by atoms with Gasteiger partial charge in [0.25, 0.3) is 5.91 Å². The molecule has 0 spiro atoms. The normalized spacial score (nSPS) is 21.2. The van der Waals surface area contributed by atoms with Gasteiger partial charge in [-0.15, -0.1) is 11.8 Å². The van der Waals surface area contributed by atoms with Crippen LogP contribution in [0.3, 0.4) is 0 Å². The van der Waals surface area contributed by atoms with E-state index in [4.69, 9.17) is 13.6 Å². The van der Waals surface area contributed by atoms with Crippen LogP contribution in [0.2, 0.25) is 0 Å². The lowest BCUT2D eigenvalue weighted by atomic mass is 9.87. The number of esters is 2. The maximum absolute atomic E-state index is 13.0. The molecule has 1 aliphatic heterocycles. The Morgan fingerprint density at radius 1 is 1.11 bits per heavy atom. The quantitative estimate of drug-likeness (QED) is 0.207. The van der Waals surface area contributed by atoms with Gasteiger partial charge in [0, 0.05) is 30.7 Å². The summed E-state index contributed by atoms with van der Waals surface area (Å²) in [6, 6.07) is 8.34. The van der Waals surface area contributed by atoms with Crippen LogP contribution < -0.4 is 15.2 Å². The molecule has 0 saturated carbocycles. The number of para-hydroxylation sites is 1. The molecule has 1 aliphatic rings. The van der Waals surface area contributed by atoms with E-state index in [1.165, 1.54) is 14.2 Å². The van der Waals surface area contributed by atoms with Gasteiger partial charge in [-0.1, -0.05) is 32.0 Å². The summed E-state index contributed by atoms with van der Waals surface area (Å²) >= 11 is 1.16. The molecule has 3 atom stereocenters. The zero-order chi connectivity index (χ0) is 27.5. The molecule has 14 heteroatoms. The summed E-state index contributed by atoms with van der Waals surface area (Å²) in [4.78, 5) is 48.2. The van der Waals surface area contributed by atoms with Gasteiger partial charge in [-0.05, 0) is 12.1 Å². The van der Waals surface area contributed by atoms with Gasteiger partial charge in [-0.3, -0.25) is 28.2 Å². The highest BCUT2D eigenvalue weighted by molar-refractivity contribution is 8.00. The highest BCUT2D eigenvalue weighted by Crippen LogP contribution is 2.56. The number of nitrogens with one attached hydrogen (secondary N) is 2. The molecule has 0 bridgehead atoms. The van der Waals surface area contributed by atoms with Gasteiger partial charge in [-0.25, -0.2) is 4.57 Å². The van der Waals surface area contributed by atoms with Crippen LogP contribution in [0.15, 0.2) is 30.3 Å². The zero-order valence-electron chi connectivity index (χ0n) is 21.2. The van der Waals surface area contributed by atoms with Crippen LogP contribution in [0.25, 0.3) is 0 Å². The Hall–Kier alpha value is -2.60. The van der Waals surface area contributed by atoms with E-state index < -0.39 is 42.4 Å². The number of ether oxygens (including phenoxy) is 2. The third kappa shape index (κ3) is 9.99. The first-order valence-corrected chi connectivity index (χ1v) is 14.0. The minimum Gasteiger partial charge on any atom is -0.469 e. The van der Waals surface area contributed by atoms with Crippen molar-refractivity contribution in [2.75, 3.05) is 39.7 Å². The Kier molecular flexibility index (Phi) is 11.9. The predicted molar refractivity (Wildman–Crippen MR) is 135 cm³/mol. The Balaban J connectivity index is 1.77. The third-order valence-electron chi connectivity index (χ3n) is 5.18. The Morgan fingerprint density at radius 3 is 2.46 bits per heavy atom. The molecule has 2 unspecified atom stereocenters. The summed E-state index contributed by atoms with van der Waals surface area (Å²) < 4.78 is 38.4. The topological polar surface area (TPSA) is 156 Å². The number of phosphoric acid groups is 1. The van der Waals surface area contributed by atoms with Crippen LogP contribution in [-0.4, -0.2) is 74.8 Å². The fraction of sp³-hybridized carbons (Fsp3) is 0.565. The Labute approximate surface area is 220 Å². The lowest BCUT2D eigenvalue weighted by molar-refractivity contribution is -0.146. The highest BCUT2D eigenvalue weighted by Gasteiger charge is 2.49. The molecular weight excluding hydrogens is 527 g/mol. The molecule has 0 radical (unpaired) electrons. The van der Waals surface area contributed by atoms with E-state index in [0.717, 1.165) is 11.8 Å². The number of carbonyl (C=O) groups excluding carboxylic acids is 4. The number of amides is 2. The van der Waals surface area contributed by atoms with Crippen molar-refractivity contribution >= 4 is 43.3 Å². The third-order valence-corrected chi connectivity index (χ3v) is 7.73. The van der Waals surface area contributed by atoms with E-state index in [2.05, 4.69) is 20.1 Å². The monoisotopic (exact) mass is 560 g/mol. The fourth-order valence-corrected chi connectivity index (χ4v) is 5.79. The molecule has 2 rings (SSSR count). The van der Waals surface area contributed by atoms with E-state index in [9.17, 15) is 23.7 Å². The average molecular weight is 561 g/mol. The van der Waals surface area contributed by atoms with Crippen molar-refractivity contribution in [3.8, 4) is 5.75 Å². The van der Waals surface area contributed by atoms with E-state index in [1.807, 2.05) is 0 Å². The van der Waals surface area contributed by atoms with Crippen molar-refractivity contribution in [2.45, 2.75) is 38.0 Å². The van der Waals surface area contributed by atoms with E-state index in [-0.39, 0.29) is 44.2 Å². The molecule has 0 aliphatic carbocycles. The van der Waals surface area contributed by atoms with Crippen LogP contribution in [0.5, 0.6) is 5.75 Å². The molecule has 1 aromatic carbocycles. The van der Waals surface area contributed by atoms with Gasteiger partial charge in [0.1, 0.15) is 11.0 Å². The van der Waals surface area contributed by atoms with Crippen molar-refractivity contribution in [1.82, 2.24) is 10.6 Å². The minimum atomic E-state index is -4.03. The molecule has 1 fully saturated rings. The molecule has 1 saturated heterocycles. The van der Waals surface area contributed by atoms with E-state index >= 15 is 0 Å². The Bertz CT molecular complexity index is 991. The first-order chi connectivity index (χ1) is 17.5. The van der Waals surface area contributed by atoms with Crippen LogP contribution in [0.4, 0.5) is 0 Å². The van der Waals surface area contributed by atoms with Crippen molar-refractivity contribution in [2.24, 2.45) is 5.41 Å². The second-order valence-corrected chi connectivity index (χ2v) is 11.5. The summed E-state index contributed by atoms with van der Waals surface area (Å²) in [7, 11) is -1.57. The smallest absolute Gasteiger partial charge is 0.469 e. The van der Waals surface area contributed by atoms with Gasteiger partial charge >= 0.3 is 19.8 Å². The number of rotatable bonds is 13. The van der Waals surface area contributed by atoms with Crippen LogP contribution in [0.1, 0.15) is 26.7 Å². The van der Waals surface area contributed by atoms with Crippen LogP contribution >= 0.6 is 19.6 Å². The second-order valence-electron chi connectivity index (χ2n) is 8.65. The van der Waals surface area contributed by atoms with Gasteiger partial charge in [0.15, 0.2) is 6.10 Å². The Morgan fingerprint density at radius 2 is 1.81 bits per heavy atom. The fourth-order valence-electron chi connectivity index (χ4n) is 3.13. The maximum atomic E-state index is 13.0. The van der Waals surface area contributed by atoms with Gasteiger partial charge in [-0.2, -0.15) is 0 Å². The summed E-state index contributed by atoms with van der Waals surface area (Å²) in [5.41, 5.74) is -0.794. The number of carbonyl (C=O) groups is 4. The van der Waals surface area contributed by atoms with Crippen molar-refractivity contribution in [1.29, 1.82) is 0 Å². The molecule has 1 aromatic rings. The average Bonchev–Trinajstić information content (AvgIpc) is 2.87.